The number of carbonyl (C=O) groups excluding carboxylic acids is 1. The molecular formula is C13H16N4O4. The Hall–Kier alpha value is -2.66. The molecule has 0 fully saturated rings. The summed E-state index contributed by atoms with van der Waals surface area (Å²) in [7, 11) is 1.53. The summed E-state index contributed by atoms with van der Waals surface area (Å²) < 4.78 is 4.82. The molecule has 21 heavy (non-hydrogen) atoms. The van der Waals surface area contributed by atoms with Crippen LogP contribution in [0.2, 0.25) is 0 Å². The van der Waals surface area contributed by atoms with Gasteiger partial charge in [-0.05, 0) is 13.0 Å². The van der Waals surface area contributed by atoms with Crippen molar-refractivity contribution in [1.29, 1.82) is 5.26 Å². The van der Waals surface area contributed by atoms with Crippen LogP contribution >= 0.6 is 0 Å². The number of nitro benzene ring substituents is 1. The maximum absolute atomic E-state index is 11.8. The van der Waals surface area contributed by atoms with Gasteiger partial charge >= 0.3 is 0 Å². The highest BCUT2D eigenvalue weighted by molar-refractivity contribution is 5.84. The smallest absolute Gasteiger partial charge is 0.270 e. The number of rotatable bonds is 7. The Morgan fingerprint density at radius 2 is 2.29 bits per heavy atom. The molecule has 0 heterocycles. The third kappa shape index (κ3) is 4.74. The Bertz CT molecular complexity index is 568. The number of nitro groups is 1. The first-order valence-electron chi connectivity index (χ1n) is 6.21. The zero-order valence-electron chi connectivity index (χ0n) is 11.8. The first kappa shape index (κ1) is 16.4. The third-order valence-corrected chi connectivity index (χ3v) is 2.71. The van der Waals surface area contributed by atoms with Gasteiger partial charge < -0.3 is 15.4 Å². The first-order chi connectivity index (χ1) is 9.99. The molecular weight excluding hydrogens is 276 g/mol. The van der Waals surface area contributed by atoms with Crippen LogP contribution in [0.15, 0.2) is 18.2 Å². The highest BCUT2D eigenvalue weighted by Crippen LogP contribution is 2.21. The van der Waals surface area contributed by atoms with Gasteiger partial charge in [-0.1, -0.05) is 0 Å². The van der Waals surface area contributed by atoms with Gasteiger partial charge in [0.25, 0.3) is 5.69 Å². The summed E-state index contributed by atoms with van der Waals surface area (Å²) in [6.07, 6.45) is 0. The molecule has 1 rings (SSSR count). The molecule has 0 saturated heterocycles. The lowest BCUT2D eigenvalue weighted by Crippen LogP contribution is -2.39. The molecule has 0 aromatic heterocycles. The highest BCUT2D eigenvalue weighted by Gasteiger charge is 2.16. The van der Waals surface area contributed by atoms with Gasteiger partial charge in [-0.3, -0.25) is 14.9 Å². The van der Waals surface area contributed by atoms with Crippen LogP contribution in [0.25, 0.3) is 0 Å². The van der Waals surface area contributed by atoms with Crippen LogP contribution in [0.3, 0.4) is 0 Å². The number of nitrogens with one attached hydrogen (secondary N) is 2. The van der Waals surface area contributed by atoms with E-state index in [1.165, 1.54) is 19.2 Å². The average Bonchev–Trinajstić information content (AvgIpc) is 2.47. The standard InChI is InChI=1S/C13H16N4O4/c1-9(13(18)15-5-6-21-2)16-12-4-3-11(17(19)20)7-10(12)8-14/h3-4,7,9,16H,5-6H2,1-2H3,(H,15,18). The number of amides is 1. The van der Waals surface area contributed by atoms with Crippen LogP contribution in [0.4, 0.5) is 11.4 Å². The van der Waals surface area contributed by atoms with Gasteiger partial charge in [0.05, 0.1) is 22.8 Å². The molecule has 0 aliphatic carbocycles. The average molecular weight is 292 g/mol. The van der Waals surface area contributed by atoms with Crippen molar-refractivity contribution in [2.75, 3.05) is 25.6 Å². The Labute approximate surface area is 121 Å². The normalized spacial score (nSPS) is 11.3. The molecule has 8 nitrogen and oxygen atoms in total. The molecule has 1 unspecified atom stereocenters. The maximum atomic E-state index is 11.8. The number of anilines is 1. The third-order valence-electron chi connectivity index (χ3n) is 2.71. The van der Waals surface area contributed by atoms with E-state index in [0.29, 0.717) is 18.8 Å². The van der Waals surface area contributed by atoms with Crippen LogP contribution in [0.5, 0.6) is 0 Å². The van der Waals surface area contributed by atoms with E-state index in [-0.39, 0.29) is 17.2 Å². The Balaban J connectivity index is 2.76. The molecule has 0 spiro atoms. The molecule has 1 aromatic carbocycles. The van der Waals surface area contributed by atoms with E-state index in [9.17, 15) is 14.9 Å². The molecule has 112 valence electrons. The van der Waals surface area contributed by atoms with E-state index in [1.54, 1.807) is 6.92 Å². The second kappa shape index (κ2) is 7.81. The molecule has 0 saturated carbocycles. The minimum atomic E-state index is -0.588. The number of hydrogen-bond donors (Lipinski definition) is 2. The fourth-order valence-electron chi connectivity index (χ4n) is 1.59. The Morgan fingerprint density at radius 3 is 2.86 bits per heavy atom. The molecule has 0 bridgehead atoms. The summed E-state index contributed by atoms with van der Waals surface area (Å²) in [5.41, 5.74) is 0.313. The quantitative estimate of drug-likeness (QED) is 0.440. The molecule has 2 N–H and O–H groups in total. The molecule has 1 amide bonds. The lowest BCUT2D eigenvalue weighted by Gasteiger charge is -2.15. The SMILES string of the molecule is COCCNC(=O)C(C)Nc1ccc([N+](=O)[O-])cc1C#N. The van der Waals surface area contributed by atoms with Gasteiger partial charge in [0.2, 0.25) is 5.91 Å². The minimum absolute atomic E-state index is 0.112. The monoisotopic (exact) mass is 292 g/mol. The summed E-state index contributed by atoms with van der Waals surface area (Å²) in [6.45, 7) is 2.41. The Kier molecular flexibility index (Phi) is 6.10. The molecule has 0 radical (unpaired) electrons. The van der Waals surface area contributed by atoms with Crippen molar-refractivity contribution >= 4 is 17.3 Å². The van der Waals surface area contributed by atoms with Gasteiger partial charge in [0.15, 0.2) is 0 Å². The molecule has 8 heteroatoms. The first-order valence-corrected chi connectivity index (χ1v) is 6.21. The van der Waals surface area contributed by atoms with E-state index in [1.807, 2.05) is 6.07 Å². The van der Waals surface area contributed by atoms with Gasteiger partial charge in [0, 0.05) is 25.8 Å². The summed E-state index contributed by atoms with van der Waals surface area (Å²) in [5.74, 6) is -0.255. The van der Waals surface area contributed by atoms with Gasteiger partial charge in [-0.25, -0.2) is 0 Å². The maximum Gasteiger partial charge on any atom is 0.270 e. The summed E-state index contributed by atoms with van der Waals surface area (Å²) in [6, 6.07) is 5.13. The topological polar surface area (TPSA) is 117 Å². The number of nitriles is 1. The lowest BCUT2D eigenvalue weighted by molar-refractivity contribution is -0.384. The van der Waals surface area contributed by atoms with E-state index in [2.05, 4.69) is 10.6 Å². The fraction of sp³-hybridized carbons (Fsp3) is 0.385. The van der Waals surface area contributed by atoms with Crippen molar-refractivity contribution in [3.8, 4) is 6.07 Å². The zero-order valence-corrected chi connectivity index (χ0v) is 11.8. The van der Waals surface area contributed by atoms with Gasteiger partial charge in [0.1, 0.15) is 12.1 Å². The largest absolute Gasteiger partial charge is 0.383 e. The van der Waals surface area contributed by atoms with Crippen LogP contribution in [0, 0.1) is 21.4 Å². The predicted molar refractivity (Wildman–Crippen MR) is 75.8 cm³/mol. The molecule has 1 atom stereocenters. The van der Waals surface area contributed by atoms with Crippen molar-refractivity contribution < 1.29 is 14.5 Å². The van der Waals surface area contributed by atoms with Gasteiger partial charge in [-0.2, -0.15) is 5.26 Å². The molecule has 0 aliphatic rings. The van der Waals surface area contributed by atoms with E-state index in [0.717, 1.165) is 6.07 Å². The number of nitrogens with zero attached hydrogens (tertiary/aromatic N) is 2. The van der Waals surface area contributed by atoms with Crippen molar-refractivity contribution in [3.05, 3.63) is 33.9 Å². The highest BCUT2D eigenvalue weighted by atomic mass is 16.6. The van der Waals surface area contributed by atoms with Crippen LogP contribution in [0.1, 0.15) is 12.5 Å². The number of non-ortho nitro benzene ring substituents is 1. The molecule has 0 aliphatic heterocycles. The number of ether oxygens (including phenoxy) is 1. The number of carbonyl (C=O) groups is 1. The van der Waals surface area contributed by atoms with Crippen molar-refractivity contribution in [3.63, 3.8) is 0 Å². The van der Waals surface area contributed by atoms with Gasteiger partial charge in [-0.15, -0.1) is 0 Å². The summed E-state index contributed by atoms with van der Waals surface area (Å²) in [5, 5.41) is 25.2. The molecule has 1 aromatic rings. The fourth-order valence-corrected chi connectivity index (χ4v) is 1.59. The lowest BCUT2D eigenvalue weighted by atomic mass is 10.1. The van der Waals surface area contributed by atoms with Crippen LogP contribution < -0.4 is 10.6 Å². The predicted octanol–water partition coefficient (Wildman–Crippen LogP) is 1.03. The van der Waals surface area contributed by atoms with Crippen molar-refractivity contribution in [2.45, 2.75) is 13.0 Å². The van der Waals surface area contributed by atoms with Crippen molar-refractivity contribution in [1.82, 2.24) is 5.32 Å². The number of hydrogen-bond acceptors (Lipinski definition) is 6. The van der Waals surface area contributed by atoms with E-state index >= 15 is 0 Å². The zero-order chi connectivity index (χ0) is 15.8. The second-order valence-corrected chi connectivity index (χ2v) is 4.25. The number of methoxy groups -OCH3 is 1. The van der Waals surface area contributed by atoms with Crippen molar-refractivity contribution in [2.24, 2.45) is 0 Å². The van der Waals surface area contributed by atoms with Crippen LogP contribution in [-0.4, -0.2) is 37.1 Å². The Morgan fingerprint density at radius 1 is 1.57 bits per heavy atom. The van der Waals surface area contributed by atoms with E-state index < -0.39 is 11.0 Å². The van der Waals surface area contributed by atoms with E-state index in [4.69, 9.17) is 10.00 Å². The van der Waals surface area contributed by atoms with Crippen LogP contribution in [-0.2, 0) is 9.53 Å². The summed E-state index contributed by atoms with van der Waals surface area (Å²) in [4.78, 5) is 21.9. The second-order valence-electron chi connectivity index (χ2n) is 4.25. The summed E-state index contributed by atoms with van der Waals surface area (Å²) >= 11 is 0. The minimum Gasteiger partial charge on any atom is -0.383 e. The number of benzene rings is 1.